The fraction of sp³-hybridized carbons (Fsp3) is 0.111. The van der Waals surface area contributed by atoms with Crippen molar-refractivity contribution in [3.8, 4) is 16.3 Å². The van der Waals surface area contributed by atoms with E-state index in [4.69, 9.17) is 9.15 Å². The van der Waals surface area contributed by atoms with Crippen LogP contribution in [-0.4, -0.2) is 23.2 Å². The molecule has 120 valence electrons. The third kappa shape index (κ3) is 2.07. The van der Waals surface area contributed by atoms with Gasteiger partial charge in [-0.25, -0.2) is 9.78 Å². The minimum atomic E-state index is -0.960. The van der Waals surface area contributed by atoms with Gasteiger partial charge >= 0.3 is 5.97 Å². The van der Waals surface area contributed by atoms with Crippen molar-refractivity contribution in [3.63, 3.8) is 0 Å². The average Bonchev–Trinajstić information content (AvgIpc) is 3.15. The molecule has 6 heteroatoms. The van der Waals surface area contributed by atoms with E-state index in [0.29, 0.717) is 22.0 Å². The normalized spacial score (nSPS) is 11.2. The number of hydrogen-bond acceptors (Lipinski definition) is 5. The van der Waals surface area contributed by atoms with E-state index in [-0.39, 0.29) is 4.88 Å². The lowest BCUT2D eigenvalue weighted by Crippen LogP contribution is -1.94. The second kappa shape index (κ2) is 5.35. The zero-order valence-electron chi connectivity index (χ0n) is 13.0. The van der Waals surface area contributed by atoms with E-state index in [9.17, 15) is 9.90 Å². The molecule has 0 aliphatic carbocycles. The van der Waals surface area contributed by atoms with Gasteiger partial charge in [0.05, 0.1) is 12.8 Å². The van der Waals surface area contributed by atoms with Crippen LogP contribution in [0.3, 0.4) is 0 Å². The number of rotatable bonds is 3. The summed E-state index contributed by atoms with van der Waals surface area (Å²) >= 11 is 1.17. The summed E-state index contributed by atoms with van der Waals surface area (Å²) in [5.41, 5.74) is 2.75. The van der Waals surface area contributed by atoms with E-state index < -0.39 is 5.97 Å². The Morgan fingerprint density at radius 2 is 2.04 bits per heavy atom. The van der Waals surface area contributed by atoms with Crippen LogP contribution in [0.5, 0.6) is 5.75 Å². The van der Waals surface area contributed by atoms with Gasteiger partial charge in [-0.1, -0.05) is 18.2 Å². The van der Waals surface area contributed by atoms with Crippen molar-refractivity contribution in [1.29, 1.82) is 0 Å². The molecule has 0 saturated heterocycles. The fourth-order valence-corrected chi connectivity index (χ4v) is 3.79. The van der Waals surface area contributed by atoms with Crippen LogP contribution in [0.15, 0.2) is 40.8 Å². The van der Waals surface area contributed by atoms with Crippen LogP contribution in [0.2, 0.25) is 0 Å². The van der Waals surface area contributed by atoms with E-state index in [1.807, 2.05) is 36.4 Å². The van der Waals surface area contributed by atoms with Gasteiger partial charge in [0.1, 0.15) is 15.5 Å². The summed E-state index contributed by atoms with van der Waals surface area (Å²) < 4.78 is 11.4. The maximum atomic E-state index is 11.3. The number of aryl methyl sites for hydroxylation is 1. The minimum Gasteiger partial charge on any atom is -0.493 e. The van der Waals surface area contributed by atoms with E-state index in [2.05, 4.69) is 4.98 Å². The number of aromatic nitrogens is 1. The summed E-state index contributed by atoms with van der Waals surface area (Å²) in [5.74, 6) is -0.324. The largest absolute Gasteiger partial charge is 0.493 e. The number of fused-ring (bicyclic) bond motifs is 3. The van der Waals surface area contributed by atoms with E-state index >= 15 is 0 Å². The maximum Gasteiger partial charge on any atom is 0.347 e. The van der Waals surface area contributed by atoms with Crippen LogP contribution < -0.4 is 4.74 Å². The molecule has 2 aromatic carbocycles. The van der Waals surface area contributed by atoms with Gasteiger partial charge in [0.2, 0.25) is 0 Å². The number of nitrogens with zero attached hydrogens (tertiary/aromatic N) is 1. The number of benzene rings is 2. The molecular formula is C18H13NO4S. The molecule has 0 atom stereocenters. The summed E-state index contributed by atoms with van der Waals surface area (Å²) in [6, 6.07) is 11.4. The molecule has 0 unspecified atom stereocenters. The van der Waals surface area contributed by atoms with Gasteiger partial charge in [0, 0.05) is 16.3 Å². The van der Waals surface area contributed by atoms with E-state index in [1.54, 1.807) is 14.0 Å². The number of thiazole rings is 1. The van der Waals surface area contributed by atoms with E-state index in [1.165, 1.54) is 11.3 Å². The number of carboxylic acid groups (broad SMARTS) is 1. The molecule has 0 amide bonds. The van der Waals surface area contributed by atoms with Crippen LogP contribution >= 0.6 is 11.3 Å². The van der Waals surface area contributed by atoms with Crippen molar-refractivity contribution in [3.05, 3.63) is 47.0 Å². The zero-order chi connectivity index (χ0) is 16.8. The van der Waals surface area contributed by atoms with Gasteiger partial charge in [-0.2, -0.15) is 0 Å². The molecule has 4 aromatic rings. The molecule has 1 N–H and O–H groups in total. The molecule has 0 fully saturated rings. The first-order valence-electron chi connectivity index (χ1n) is 7.29. The predicted molar refractivity (Wildman–Crippen MR) is 93.1 cm³/mol. The third-order valence-electron chi connectivity index (χ3n) is 3.93. The highest BCUT2D eigenvalue weighted by atomic mass is 32.1. The number of methoxy groups -OCH3 is 1. The van der Waals surface area contributed by atoms with Crippen LogP contribution in [0.1, 0.15) is 15.4 Å². The fourth-order valence-electron chi connectivity index (χ4n) is 2.85. The summed E-state index contributed by atoms with van der Waals surface area (Å²) in [4.78, 5) is 16.0. The van der Waals surface area contributed by atoms with Gasteiger partial charge in [-0.05, 0) is 25.1 Å². The van der Waals surface area contributed by atoms with Crippen LogP contribution in [0.4, 0.5) is 0 Å². The molecule has 4 rings (SSSR count). The highest BCUT2D eigenvalue weighted by Gasteiger charge is 2.21. The third-order valence-corrected chi connectivity index (χ3v) is 5.11. The molecule has 0 saturated carbocycles. The van der Waals surface area contributed by atoms with Crippen molar-refractivity contribution in [2.24, 2.45) is 0 Å². The summed E-state index contributed by atoms with van der Waals surface area (Å²) in [7, 11) is 1.59. The van der Waals surface area contributed by atoms with Crippen LogP contribution in [-0.2, 0) is 0 Å². The summed E-state index contributed by atoms with van der Waals surface area (Å²) in [6.45, 7) is 1.71. The van der Waals surface area contributed by atoms with E-state index in [0.717, 1.165) is 21.9 Å². The van der Waals surface area contributed by atoms with Gasteiger partial charge in [0.15, 0.2) is 11.3 Å². The zero-order valence-corrected chi connectivity index (χ0v) is 13.8. The number of hydrogen-bond donors (Lipinski definition) is 1. The Balaban J connectivity index is 2.09. The SMILES string of the molecule is COc1ccc(-c2nc(C)c(C(=O)O)s2)c2c1oc1ccccc12. The summed E-state index contributed by atoms with van der Waals surface area (Å²) in [6.07, 6.45) is 0. The lowest BCUT2D eigenvalue weighted by molar-refractivity contribution is 0.0701. The predicted octanol–water partition coefficient (Wildman–Crippen LogP) is 4.72. The Morgan fingerprint density at radius 1 is 1.25 bits per heavy atom. The maximum absolute atomic E-state index is 11.3. The van der Waals surface area contributed by atoms with Crippen molar-refractivity contribution < 1.29 is 19.1 Å². The molecule has 2 heterocycles. The molecule has 0 radical (unpaired) electrons. The first-order valence-corrected chi connectivity index (χ1v) is 8.11. The first-order chi connectivity index (χ1) is 11.6. The Kier molecular flexibility index (Phi) is 3.28. The number of ether oxygens (including phenoxy) is 1. The van der Waals surface area contributed by atoms with Crippen molar-refractivity contribution in [2.75, 3.05) is 7.11 Å². The Morgan fingerprint density at radius 3 is 2.75 bits per heavy atom. The Labute approximate surface area is 141 Å². The van der Waals surface area contributed by atoms with Crippen molar-refractivity contribution in [1.82, 2.24) is 4.98 Å². The quantitative estimate of drug-likeness (QED) is 0.584. The van der Waals surface area contributed by atoms with Crippen LogP contribution in [0, 0.1) is 6.92 Å². The molecule has 2 aromatic heterocycles. The van der Waals surface area contributed by atoms with Crippen LogP contribution in [0.25, 0.3) is 32.5 Å². The molecule has 0 bridgehead atoms. The molecule has 0 aliphatic heterocycles. The smallest absolute Gasteiger partial charge is 0.347 e. The first kappa shape index (κ1) is 14.7. The number of furan rings is 1. The highest BCUT2D eigenvalue weighted by molar-refractivity contribution is 7.17. The molecular weight excluding hydrogens is 326 g/mol. The Hall–Kier alpha value is -2.86. The molecule has 24 heavy (non-hydrogen) atoms. The highest BCUT2D eigenvalue weighted by Crippen LogP contribution is 2.42. The Bertz CT molecular complexity index is 1090. The topological polar surface area (TPSA) is 72.6 Å². The second-order valence-corrected chi connectivity index (χ2v) is 6.36. The number of carbonyl (C=O) groups is 1. The molecule has 5 nitrogen and oxygen atoms in total. The molecule has 0 aliphatic rings. The number of carboxylic acids is 1. The van der Waals surface area contributed by atoms with Gasteiger partial charge < -0.3 is 14.3 Å². The number of para-hydroxylation sites is 1. The summed E-state index contributed by atoms with van der Waals surface area (Å²) in [5, 5.41) is 11.8. The second-order valence-electron chi connectivity index (χ2n) is 5.36. The average molecular weight is 339 g/mol. The number of aromatic carboxylic acids is 1. The standard InChI is InChI=1S/C18H13NO4S/c1-9-16(18(20)21)24-17(19-9)11-7-8-13(22-2)15-14(11)10-5-3-4-6-12(10)23-15/h3-8H,1-2H3,(H,20,21). The van der Waals surface area contributed by atoms with Crippen molar-refractivity contribution in [2.45, 2.75) is 6.92 Å². The van der Waals surface area contributed by atoms with Gasteiger partial charge in [-0.15, -0.1) is 11.3 Å². The lowest BCUT2D eigenvalue weighted by Gasteiger charge is -2.04. The molecule has 0 spiro atoms. The van der Waals surface area contributed by atoms with Gasteiger partial charge in [0.25, 0.3) is 0 Å². The van der Waals surface area contributed by atoms with Gasteiger partial charge in [-0.3, -0.25) is 0 Å². The van der Waals surface area contributed by atoms with Crippen molar-refractivity contribution >= 4 is 39.2 Å². The minimum absolute atomic E-state index is 0.252. The lowest BCUT2D eigenvalue weighted by atomic mass is 10.1. The monoisotopic (exact) mass is 339 g/mol.